The Morgan fingerprint density at radius 1 is 0.840 bits per heavy atom. The van der Waals surface area contributed by atoms with Gasteiger partial charge in [0, 0.05) is 5.56 Å². The number of carbonyl (C=O) groups excluding carboxylic acids is 1. The molecule has 0 aromatic heterocycles. The van der Waals surface area contributed by atoms with E-state index in [9.17, 15) is 4.79 Å². The van der Waals surface area contributed by atoms with E-state index >= 15 is 0 Å². The Balaban J connectivity index is 0.000000181. The van der Waals surface area contributed by atoms with Gasteiger partial charge in [-0.15, -0.1) is 12.6 Å². The van der Waals surface area contributed by atoms with Crippen molar-refractivity contribution in [2.45, 2.75) is 33.6 Å². The molecule has 3 aromatic carbocycles. The van der Waals surface area contributed by atoms with Crippen LogP contribution in [0.3, 0.4) is 0 Å². The van der Waals surface area contributed by atoms with Gasteiger partial charge in [-0.3, -0.25) is 4.79 Å². The Kier molecular flexibility index (Phi) is 6.83. The number of hydrogen-bond donors (Lipinski definition) is 1. The molecule has 130 valence electrons. The van der Waals surface area contributed by atoms with Gasteiger partial charge < -0.3 is 0 Å². The molecule has 0 amide bonds. The van der Waals surface area contributed by atoms with Crippen molar-refractivity contribution in [3.63, 3.8) is 0 Å². The highest BCUT2D eigenvalue weighted by molar-refractivity contribution is 7.97. The summed E-state index contributed by atoms with van der Waals surface area (Å²) < 4.78 is 0. The summed E-state index contributed by atoms with van der Waals surface area (Å²) >= 11 is 3.77. The average Bonchev–Trinajstić information content (AvgIpc) is 2.60. The number of carbonyl (C=O) groups is 1. The molecule has 0 saturated heterocycles. The summed E-state index contributed by atoms with van der Waals surface area (Å²) in [5.41, 5.74) is 2.55. The molecule has 0 aliphatic rings. The molecule has 0 N–H and O–H groups in total. The maximum Gasteiger partial charge on any atom is 0.216 e. The molecule has 0 radical (unpaired) electrons. The van der Waals surface area contributed by atoms with Gasteiger partial charge in [-0.2, -0.15) is 0 Å². The summed E-state index contributed by atoms with van der Waals surface area (Å²) in [4.78, 5) is 11.0. The molecule has 0 aliphatic heterocycles. The van der Waals surface area contributed by atoms with Gasteiger partial charge in [0.25, 0.3) is 0 Å². The molecule has 0 heterocycles. The van der Waals surface area contributed by atoms with E-state index in [1.165, 1.54) is 18.4 Å². The standard InChI is InChI=1S/C12H18.C11H8OS/c1-12(2,3)10-9-11-7-5-4-6-8-11;12-11(13)10-6-5-8-3-1-2-4-9(8)7-10/h4-8H,9-10H2,1-3H3;1-7H,(H,12,13). The maximum atomic E-state index is 11.0. The summed E-state index contributed by atoms with van der Waals surface area (Å²) in [5, 5.41) is 2.02. The lowest BCUT2D eigenvalue weighted by Gasteiger charge is -2.17. The average molecular weight is 351 g/mol. The fourth-order valence-corrected chi connectivity index (χ4v) is 2.63. The predicted molar refractivity (Wildman–Crippen MR) is 111 cm³/mol. The smallest absolute Gasteiger partial charge is 0.216 e. The molecule has 3 aromatic rings. The lowest BCUT2D eigenvalue weighted by molar-refractivity contribution is 0.109. The summed E-state index contributed by atoms with van der Waals surface area (Å²) in [7, 11) is 0. The van der Waals surface area contributed by atoms with E-state index in [1.54, 1.807) is 6.07 Å². The summed E-state index contributed by atoms with van der Waals surface area (Å²) in [6.07, 6.45) is 2.46. The van der Waals surface area contributed by atoms with E-state index in [0.717, 1.165) is 10.8 Å². The van der Waals surface area contributed by atoms with Crippen molar-refractivity contribution < 1.29 is 4.79 Å². The summed E-state index contributed by atoms with van der Waals surface area (Å²) in [5.74, 6) is 0. The molecule has 0 saturated carbocycles. The highest BCUT2D eigenvalue weighted by Gasteiger charge is 2.09. The van der Waals surface area contributed by atoms with Gasteiger partial charge in [-0.1, -0.05) is 81.4 Å². The van der Waals surface area contributed by atoms with E-state index in [0.29, 0.717) is 11.0 Å². The van der Waals surface area contributed by atoms with Crippen LogP contribution in [0.1, 0.15) is 43.1 Å². The van der Waals surface area contributed by atoms with E-state index in [2.05, 4.69) is 63.7 Å². The Hall–Kier alpha value is -2.06. The van der Waals surface area contributed by atoms with Crippen LogP contribution in [0, 0.1) is 5.41 Å². The Morgan fingerprint density at radius 2 is 1.44 bits per heavy atom. The Bertz CT molecular complexity index is 816. The predicted octanol–water partition coefficient (Wildman–Crippen LogP) is 6.58. The normalized spacial score (nSPS) is 10.9. The molecule has 0 atom stereocenters. The minimum absolute atomic E-state index is 0.189. The summed E-state index contributed by atoms with van der Waals surface area (Å²) in [6.45, 7) is 6.86. The number of benzene rings is 3. The van der Waals surface area contributed by atoms with Crippen molar-refractivity contribution in [1.29, 1.82) is 0 Å². The van der Waals surface area contributed by atoms with E-state index in [-0.39, 0.29) is 5.12 Å². The molecule has 0 fully saturated rings. The van der Waals surface area contributed by atoms with Crippen molar-refractivity contribution >= 4 is 28.5 Å². The zero-order valence-electron chi connectivity index (χ0n) is 15.2. The van der Waals surface area contributed by atoms with Crippen LogP contribution in [0.25, 0.3) is 10.8 Å². The molecular formula is C23H26OS. The first kappa shape index (κ1) is 19.3. The van der Waals surface area contributed by atoms with Crippen LogP contribution in [0.15, 0.2) is 72.8 Å². The highest BCUT2D eigenvalue weighted by Crippen LogP contribution is 2.21. The first-order valence-corrected chi connectivity index (χ1v) is 9.06. The van der Waals surface area contributed by atoms with E-state index in [4.69, 9.17) is 0 Å². The minimum atomic E-state index is -0.189. The van der Waals surface area contributed by atoms with Gasteiger partial charge in [0.1, 0.15) is 0 Å². The largest absolute Gasteiger partial charge is 0.282 e. The van der Waals surface area contributed by atoms with Gasteiger partial charge in [-0.05, 0) is 46.7 Å². The summed E-state index contributed by atoms with van der Waals surface area (Å²) in [6, 6.07) is 24.2. The van der Waals surface area contributed by atoms with Crippen molar-refractivity contribution in [2.75, 3.05) is 0 Å². The van der Waals surface area contributed by atoms with Crippen LogP contribution < -0.4 is 0 Å². The van der Waals surface area contributed by atoms with Crippen LogP contribution in [0.2, 0.25) is 0 Å². The van der Waals surface area contributed by atoms with Crippen molar-refractivity contribution in [3.05, 3.63) is 83.9 Å². The van der Waals surface area contributed by atoms with Crippen molar-refractivity contribution in [1.82, 2.24) is 0 Å². The molecule has 1 nitrogen and oxygen atoms in total. The van der Waals surface area contributed by atoms with Crippen molar-refractivity contribution in [3.8, 4) is 0 Å². The fraction of sp³-hybridized carbons (Fsp3) is 0.261. The lowest BCUT2D eigenvalue weighted by Crippen LogP contribution is -2.06. The molecule has 0 unspecified atom stereocenters. The molecular weight excluding hydrogens is 324 g/mol. The number of rotatable bonds is 3. The fourth-order valence-electron chi connectivity index (χ4n) is 2.49. The monoisotopic (exact) mass is 350 g/mol. The van der Waals surface area contributed by atoms with Crippen LogP contribution in [-0.2, 0) is 6.42 Å². The maximum absolute atomic E-state index is 11.0. The number of hydrogen-bond acceptors (Lipinski definition) is 1. The van der Waals surface area contributed by atoms with Crippen LogP contribution >= 0.6 is 12.6 Å². The first-order chi connectivity index (χ1) is 11.8. The third-order valence-corrected chi connectivity index (χ3v) is 4.26. The molecule has 3 rings (SSSR count). The second-order valence-corrected chi connectivity index (χ2v) is 7.82. The van der Waals surface area contributed by atoms with Gasteiger partial charge in [0.15, 0.2) is 0 Å². The molecule has 0 spiro atoms. The lowest BCUT2D eigenvalue weighted by atomic mass is 9.89. The molecule has 0 aliphatic carbocycles. The van der Waals surface area contributed by atoms with Gasteiger partial charge in [0.05, 0.1) is 0 Å². The first-order valence-electron chi connectivity index (χ1n) is 8.61. The zero-order chi connectivity index (χ0) is 18.3. The topological polar surface area (TPSA) is 17.1 Å². The Labute approximate surface area is 156 Å². The minimum Gasteiger partial charge on any atom is -0.282 e. The second-order valence-electron chi connectivity index (χ2n) is 7.41. The number of thiol groups is 1. The van der Waals surface area contributed by atoms with Crippen LogP contribution in [0.4, 0.5) is 0 Å². The van der Waals surface area contributed by atoms with Crippen LogP contribution in [-0.4, -0.2) is 5.12 Å². The Morgan fingerprint density at radius 3 is 2.04 bits per heavy atom. The molecule has 0 bridgehead atoms. The van der Waals surface area contributed by atoms with Crippen molar-refractivity contribution in [2.24, 2.45) is 5.41 Å². The SMILES string of the molecule is CC(C)(C)CCc1ccccc1.O=C(S)c1ccc2ccccc2c1. The molecule has 2 heteroatoms. The van der Waals surface area contributed by atoms with Gasteiger partial charge in [-0.25, -0.2) is 0 Å². The van der Waals surface area contributed by atoms with Gasteiger partial charge in [0.2, 0.25) is 5.12 Å². The number of aryl methyl sites for hydroxylation is 1. The zero-order valence-corrected chi connectivity index (χ0v) is 16.1. The highest BCUT2D eigenvalue weighted by atomic mass is 32.1. The second kappa shape index (κ2) is 8.87. The van der Waals surface area contributed by atoms with E-state index in [1.807, 2.05) is 36.4 Å². The molecule has 25 heavy (non-hydrogen) atoms. The van der Waals surface area contributed by atoms with E-state index < -0.39 is 0 Å². The number of fused-ring (bicyclic) bond motifs is 1. The van der Waals surface area contributed by atoms with Gasteiger partial charge >= 0.3 is 0 Å². The quantitative estimate of drug-likeness (QED) is 0.528. The van der Waals surface area contributed by atoms with Crippen LogP contribution in [0.5, 0.6) is 0 Å². The third-order valence-electron chi connectivity index (χ3n) is 4.00. The third kappa shape index (κ3) is 6.75.